The quantitative estimate of drug-likeness (QED) is 0.348. The Bertz CT molecular complexity index is 509. The summed E-state index contributed by atoms with van der Waals surface area (Å²) in [5.74, 6) is -1.12. The molecule has 2 fully saturated rings. The molecular formula is C18H30O9. The number of aliphatic hydroxyl groups excluding tert-OH is 4. The lowest BCUT2D eigenvalue weighted by Gasteiger charge is -2.40. The maximum absolute atomic E-state index is 12.0. The number of ether oxygens (including phenoxy) is 2. The first kappa shape index (κ1) is 22.2. The Morgan fingerprint density at radius 2 is 1.96 bits per heavy atom. The fourth-order valence-corrected chi connectivity index (χ4v) is 3.94. The second-order valence-corrected chi connectivity index (χ2v) is 7.54. The van der Waals surface area contributed by atoms with Crippen LogP contribution in [0.15, 0.2) is 0 Å². The van der Waals surface area contributed by atoms with Crippen molar-refractivity contribution in [3.63, 3.8) is 0 Å². The number of carbonyl (C=O) groups is 2. The Balaban J connectivity index is 1.79. The Morgan fingerprint density at radius 1 is 1.26 bits per heavy atom. The van der Waals surface area contributed by atoms with Crippen LogP contribution in [0.5, 0.6) is 0 Å². The normalized spacial score (nSPS) is 38.1. The Kier molecular flexibility index (Phi) is 8.14. The zero-order valence-corrected chi connectivity index (χ0v) is 15.4. The number of hydrogen-bond donors (Lipinski definition) is 5. The number of carboxylic acids is 1. The van der Waals surface area contributed by atoms with Crippen LogP contribution in [0.4, 0.5) is 0 Å². The predicted molar refractivity (Wildman–Crippen MR) is 91.6 cm³/mol. The first-order chi connectivity index (χ1) is 12.7. The van der Waals surface area contributed by atoms with Crippen molar-refractivity contribution < 1.29 is 44.6 Å². The average molecular weight is 390 g/mol. The highest BCUT2D eigenvalue weighted by molar-refractivity contribution is 5.84. The molecule has 1 heterocycles. The fraction of sp³-hybridized carbons (Fsp3) is 0.889. The number of Topliss-reactive ketones (excluding diaryl/α,β-unsaturated/α-hetero) is 1. The molecule has 9 nitrogen and oxygen atoms in total. The fourth-order valence-electron chi connectivity index (χ4n) is 3.94. The summed E-state index contributed by atoms with van der Waals surface area (Å²) in [6, 6.07) is 0. The van der Waals surface area contributed by atoms with E-state index in [1.54, 1.807) is 6.92 Å². The third-order valence-corrected chi connectivity index (χ3v) is 5.52. The third kappa shape index (κ3) is 5.69. The van der Waals surface area contributed by atoms with Gasteiger partial charge >= 0.3 is 5.97 Å². The molecule has 0 amide bonds. The topological polar surface area (TPSA) is 154 Å². The number of carbonyl (C=O) groups excluding carboxylic acids is 1. The van der Waals surface area contributed by atoms with Gasteiger partial charge in [0.2, 0.25) is 0 Å². The van der Waals surface area contributed by atoms with Crippen LogP contribution in [-0.2, 0) is 19.1 Å². The van der Waals surface area contributed by atoms with Crippen molar-refractivity contribution >= 4 is 11.8 Å². The number of aliphatic hydroxyl groups is 4. The minimum absolute atomic E-state index is 0.00727. The summed E-state index contributed by atoms with van der Waals surface area (Å²) in [6.45, 7) is 1.24. The first-order valence-corrected chi connectivity index (χ1v) is 9.45. The highest BCUT2D eigenvalue weighted by atomic mass is 16.7. The summed E-state index contributed by atoms with van der Waals surface area (Å²) in [6.07, 6.45) is -4.08. The number of aliphatic carboxylic acids is 1. The zero-order chi connectivity index (χ0) is 20.1. The van der Waals surface area contributed by atoms with Gasteiger partial charge in [0.25, 0.3) is 0 Å². The van der Waals surface area contributed by atoms with E-state index in [9.17, 15) is 30.0 Å². The van der Waals surface area contributed by atoms with Gasteiger partial charge in [0, 0.05) is 18.8 Å². The van der Waals surface area contributed by atoms with Gasteiger partial charge in [-0.15, -0.1) is 0 Å². The van der Waals surface area contributed by atoms with Crippen LogP contribution in [0.1, 0.15) is 45.4 Å². The largest absolute Gasteiger partial charge is 0.481 e. The maximum Gasteiger partial charge on any atom is 0.303 e. The molecule has 1 saturated carbocycles. The second kappa shape index (κ2) is 9.90. The third-order valence-electron chi connectivity index (χ3n) is 5.52. The van der Waals surface area contributed by atoms with Crippen molar-refractivity contribution in [2.45, 2.75) is 82.3 Å². The van der Waals surface area contributed by atoms with Gasteiger partial charge in [0.05, 0.1) is 12.7 Å². The van der Waals surface area contributed by atoms with Crippen molar-refractivity contribution in [1.29, 1.82) is 0 Å². The van der Waals surface area contributed by atoms with Gasteiger partial charge in [-0.05, 0) is 32.1 Å². The van der Waals surface area contributed by atoms with Gasteiger partial charge in [0.1, 0.15) is 30.2 Å². The standard InChI is InChI=1S/C18H30O9/c1-9(26-18-17(25)16(24)15(23)13(8-19)27-18)3-2-4-11-10(7-14(21)22)5-6-12(11)20/h9-11,13,15-19,23-25H,2-8H2,1H3,(H,21,22)/t9?,10-,11-,13-,15-,16+,17-,18-/m1/s1. The van der Waals surface area contributed by atoms with E-state index in [2.05, 4.69) is 0 Å². The molecule has 1 aliphatic carbocycles. The summed E-state index contributed by atoms with van der Waals surface area (Å²) >= 11 is 0. The molecule has 9 heteroatoms. The highest BCUT2D eigenvalue weighted by Gasteiger charge is 2.44. The van der Waals surface area contributed by atoms with Crippen LogP contribution in [-0.4, -0.2) is 80.7 Å². The van der Waals surface area contributed by atoms with Crippen molar-refractivity contribution in [2.75, 3.05) is 6.61 Å². The van der Waals surface area contributed by atoms with Crippen LogP contribution >= 0.6 is 0 Å². The second-order valence-electron chi connectivity index (χ2n) is 7.54. The van der Waals surface area contributed by atoms with Crippen LogP contribution in [0, 0.1) is 11.8 Å². The molecule has 0 aromatic heterocycles. The van der Waals surface area contributed by atoms with Crippen LogP contribution in [0.25, 0.3) is 0 Å². The molecule has 1 saturated heterocycles. The molecular weight excluding hydrogens is 360 g/mol. The van der Waals surface area contributed by atoms with Crippen molar-refractivity contribution in [1.82, 2.24) is 0 Å². The molecule has 5 N–H and O–H groups in total. The Labute approximate surface area is 157 Å². The minimum Gasteiger partial charge on any atom is -0.481 e. The van der Waals surface area contributed by atoms with Crippen molar-refractivity contribution in [3.8, 4) is 0 Å². The smallest absolute Gasteiger partial charge is 0.303 e. The zero-order valence-electron chi connectivity index (χ0n) is 15.4. The molecule has 0 radical (unpaired) electrons. The van der Waals surface area contributed by atoms with E-state index >= 15 is 0 Å². The lowest BCUT2D eigenvalue weighted by Crippen LogP contribution is -2.59. The van der Waals surface area contributed by atoms with E-state index in [1.165, 1.54) is 0 Å². The van der Waals surface area contributed by atoms with Gasteiger partial charge in [-0.2, -0.15) is 0 Å². The summed E-state index contributed by atoms with van der Waals surface area (Å²) < 4.78 is 10.9. The Morgan fingerprint density at radius 3 is 2.59 bits per heavy atom. The van der Waals surface area contributed by atoms with Crippen LogP contribution in [0.3, 0.4) is 0 Å². The first-order valence-electron chi connectivity index (χ1n) is 9.45. The molecule has 0 spiro atoms. The molecule has 1 unspecified atom stereocenters. The number of hydrogen-bond acceptors (Lipinski definition) is 8. The van der Waals surface area contributed by atoms with Gasteiger partial charge in [0.15, 0.2) is 6.29 Å². The molecule has 1 aliphatic heterocycles. The molecule has 0 aromatic rings. The minimum atomic E-state index is -1.49. The summed E-state index contributed by atoms with van der Waals surface area (Å²) in [7, 11) is 0. The van der Waals surface area contributed by atoms with E-state index in [-0.39, 0.29) is 30.1 Å². The molecule has 156 valence electrons. The number of carboxylic acid groups (broad SMARTS) is 1. The SMILES string of the molecule is CC(CCC[C@H]1C(=O)CC[C@@H]1CC(=O)O)O[C@@H]1O[C@H](CO)[C@@H](O)[C@H](O)[C@H]1O. The Hall–Kier alpha value is -1.10. The van der Waals surface area contributed by atoms with E-state index in [1.807, 2.05) is 0 Å². The summed E-state index contributed by atoms with van der Waals surface area (Å²) in [5.41, 5.74) is 0. The van der Waals surface area contributed by atoms with Crippen molar-refractivity contribution in [2.24, 2.45) is 11.8 Å². The number of ketones is 1. The highest BCUT2D eigenvalue weighted by Crippen LogP contribution is 2.35. The molecule has 8 atom stereocenters. The summed E-state index contributed by atoms with van der Waals surface area (Å²) in [5, 5.41) is 47.7. The monoisotopic (exact) mass is 390 g/mol. The van der Waals surface area contributed by atoms with Gasteiger partial charge < -0.3 is 35.0 Å². The van der Waals surface area contributed by atoms with Crippen LogP contribution < -0.4 is 0 Å². The maximum atomic E-state index is 12.0. The van der Waals surface area contributed by atoms with E-state index in [4.69, 9.17) is 14.6 Å². The van der Waals surface area contributed by atoms with Gasteiger partial charge in [-0.25, -0.2) is 0 Å². The van der Waals surface area contributed by atoms with E-state index in [0.29, 0.717) is 32.1 Å². The lowest BCUT2D eigenvalue weighted by atomic mass is 9.88. The molecule has 0 aromatic carbocycles. The van der Waals surface area contributed by atoms with Gasteiger partial charge in [-0.1, -0.05) is 6.42 Å². The molecule has 0 bridgehead atoms. The molecule has 27 heavy (non-hydrogen) atoms. The number of rotatable bonds is 9. The van der Waals surface area contributed by atoms with E-state index in [0.717, 1.165) is 0 Å². The molecule has 2 rings (SSSR count). The summed E-state index contributed by atoms with van der Waals surface area (Å²) in [4.78, 5) is 22.9. The average Bonchev–Trinajstić information content (AvgIpc) is 2.95. The van der Waals surface area contributed by atoms with Crippen LogP contribution in [0.2, 0.25) is 0 Å². The van der Waals surface area contributed by atoms with E-state index < -0.39 is 43.3 Å². The lowest BCUT2D eigenvalue weighted by molar-refractivity contribution is -0.310. The predicted octanol–water partition coefficient (Wildman–Crippen LogP) is -0.568. The molecule has 2 aliphatic rings. The van der Waals surface area contributed by atoms with Gasteiger partial charge in [-0.3, -0.25) is 9.59 Å². The van der Waals surface area contributed by atoms with Crippen molar-refractivity contribution in [3.05, 3.63) is 0 Å².